The van der Waals surface area contributed by atoms with E-state index in [-0.39, 0.29) is 11.5 Å². The number of nitrogens with zero attached hydrogens (tertiary/aromatic N) is 1. The Morgan fingerprint density at radius 3 is 2.61 bits per heavy atom. The summed E-state index contributed by atoms with van der Waals surface area (Å²) in [5.41, 5.74) is 6.68. The van der Waals surface area contributed by atoms with Crippen molar-refractivity contribution in [2.75, 3.05) is 23.1 Å². The van der Waals surface area contributed by atoms with Gasteiger partial charge in [0.05, 0.1) is 11.4 Å². The van der Waals surface area contributed by atoms with Crippen LogP contribution in [0, 0.1) is 6.92 Å². The number of hydrogen-bond acceptors (Lipinski definition) is 4. The summed E-state index contributed by atoms with van der Waals surface area (Å²) in [6.45, 7) is 4.26. The lowest BCUT2D eigenvalue weighted by molar-refractivity contribution is 0.475. The van der Waals surface area contributed by atoms with Crippen LogP contribution in [0.3, 0.4) is 0 Å². The Hall–Kier alpha value is -1.27. The third kappa shape index (κ3) is 3.36. The van der Waals surface area contributed by atoms with Crippen LogP contribution in [0.2, 0.25) is 0 Å². The molecule has 18 heavy (non-hydrogen) atoms. The zero-order valence-corrected chi connectivity index (χ0v) is 11.6. The third-order valence-corrected chi connectivity index (χ3v) is 4.62. The van der Waals surface area contributed by atoms with Crippen LogP contribution in [0.4, 0.5) is 5.69 Å². The van der Waals surface area contributed by atoms with Gasteiger partial charge in [-0.15, -0.1) is 0 Å². The number of rotatable bonds is 6. The number of phenolic OH excluding ortho intramolecular Hbond substituents is 1. The lowest BCUT2D eigenvalue weighted by atomic mass is 10.2. The summed E-state index contributed by atoms with van der Waals surface area (Å²) in [6.07, 6.45) is 0.427. The van der Waals surface area contributed by atoms with Crippen LogP contribution in [0.15, 0.2) is 18.2 Å². The SMILES string of the molecule is CCN(c1cc(O)ccc1C)S(=O)(=O)CCCN. The fourth-order valence-electron chi connectivity index (χ4n) is 1.76. The predicted molar refractivity (Wildman–Crippen MR) is 73.3 cm³/mol. The molecule has 0 atom stereocenters. The van der Waals surface area contributed by atoms with Crippen LogP contribution in [0.1, 0.15) is 18.9 Å². The van der Waals surface area contributed by atoms with Crippen molar-refractivity contribution in [1.29, 1.82) is 0 Å². The minimum absolute atomic E-state index is 0.0203. The van der Waals surface area contributed by atoms with Crippen molar-refractivity contribution >= 4 is 15.7 Å². The zero-order chi connectivity index (χ0) is 13.8. The Bertz CT molecular complexity index is 500. The second kappa shape index (κ2) is 6.06. The van der Waals surface area contributed by atoms with E-state index < -0.39 is 10.0 Å². The molecule has 0 bridgehead atoms. The molecule has 1 aromatic carbocycles. The van der Waals surface area contributed by atoms with Gasteiger partial charge in [-0.3, -0.25) is 4.31 Å². The summed E-state index contributed by atoms with van der Waals surface area (Å²) in [5.74, 6) is 0.0787. The third-order valence-electron chi connectivity index (χ3n) is 2.69. The molecule has 6 heteroatoms. The normalized spacial score (nSPS) is 11.5. The molecule has 102 valence electrons. The van der Waals surface area contributed by atoms with E-state index >= 15 is 0 Å². The van der Waals surface area contributed by atoms with Gasteiger partial charge >= 0.3 is 0 Å². The number of nitrogens with two attached hydrogens (primary N) is 1. The number of anilines is 1. The molecule has 0 saturated heterocycles. The van der Waals surface area contributed by atoms with Crippen molar-refractivity contribution in [3.63, 3.8) is 0 Å². The molecule has 3 N–H and O–H groups in total. The largest absolute Gasteiger partial charge is 0.508 e. The molecule has 0 aliphatic rings. The van der Waals surface area contributed by atoms with Crippen molar-refractivity contribution in [2.45, 2.75) is 20.3 Å². The highest BCUT2D eigenvalue weighted by atomic mass is 32.2. The highest BCUT2D eigenvalue weighted by molar-refractivity contribution is 7.92. The van der Waals surface area contributed by atoms with Crippen molar-refractivity contribution in [2.24, 2.45) is 5.73 Å². The summed E-state index contributed by atoms with van der Waals surface area (Å²) in [7, 11) is -3.38. The van der Waals surface area contributed by atoms with E-state index in [0.717, 1.165) is 5.56 Å². The van der Waals surface area contributed by atoms with E-state index in [1.807, 2.05) is 6.92 Å². The van der Waals surface area contributed by atoms with Gasteiger partial charge in [0.15, 0.2) is 0 Å². The summed E-state index contributed by atoms with van der Waals surface area (Å²) in [4.78, 5) is 0. The first-order chi connectivity index (χ1) is 8.42. The lowest BCUT2D eigenvalue weighted by Crippen LogP contribution is -2.34. The van der Waals surface area contributed by atoms with E-state index in [1.54, 1.807) is 19.1 Å². The summed E-state index contributed by atoms with van der Waals surface area (Å²) in [6, 6.07) is 4.71. The molecule has 0 aromatic heterocycles. The number of phenols is 1. The van der Waals surface area contributed by atoms with Crippen molar-refractivity contribution in [3.05, 3.63) is 23.8 Å². The average molecular weight is 272 g/mol. The summed E-state index contributed by atoms with van der Waals surface area (Å²) in [5, 5.41) is 9.48. The Labute approximate surface area is 108 Å². The molecule has 0 heterocycles. The van der Waals surface area contributed by atoms with E-state index in [2.05, 4.69) is 0 Å². The molecule has 0 aliphatic heterocycles. The van der Waals surface area contributed by atoms with Gasteiger partial charge in [-0.05, 0) is 38.4 Å². The molecule has 0 unspecified atom stereocenters. The number of aromatic hydroxyl groups is 1. The van der Waals surface area contributed by atoms with E-state index in [0.29, 0.717) is 25.2 Å². The van der Waals surface area contributed by atoms with Crippen LogP contribution >= 0.6 is 0 Å². The molecule has 0 radical (unpaired) electrons. The summed E-state index contributed by atoms with van der Waals surface area (Å²) < 4.78 is 25.7. The maximum absolute atomic E-state index is 12.2. The van der Waals surface area contributed by atoms with Crippen LogP contribution in [-0.4, -0.2) is 32.4 Å². The molecule has 0 spiro atoms. The second-order valence-electron chi connectivity index (χ2n) is 4.09. The smallest absolute Gasteiger partial charge is 0.235 e. The van der Waals surface area contributed by atoms with E-state index in [1.165, 1.54) is 10.4 Å². The van der Waals surface area contributed by atoms with Gasteiger partial charge in [0.1, 0.15) is 5.75 Å². The molecule has 0 amide bonds. The maximum atomic E-state index is 12.2. The Balaban J connectivity index is 3.13. The van der Waals surface area contributed by atoms with Crippen LogP contribution < -0.4 is 10.0 Å². The average Bonchev–Trinajstić information content (AvgIpc) is 2.31. The number of benzene rings is 1. The number of hydrogen-bond donors (Lipinski definition) is 2. The molecular weight excluding hydrogens is 252 g/mol. The molecule has 0 fully saturated rings. The fraction of sp³-hybridized carbons (Fsp3) is 0.500. The standard InChI is InChI=1S/C12H20N2O3S/c1-3-14(18(16,17)8-4-7-13)12-9-11(15)6-5-10(12)2/h5-6,9,15H,3-4,7-8,13H2,1-2H3. The minimum Gasteiger partial charge on any atom is -0.508 e. The maximum Gasteiger partial charge on any atom is 0.235 e. The predicted octanol–water partition coefficient (Wildman–Crippen LogP) is 1.21. The molecule has 5 nitrogen and oxygen atoms in total. The molecule has 1 rings (SSSR count). The summed E-state index contributed by atoms with van der Waals surface area (Å²) >= 11 is 0. The Morgan fingerprint density at radius 2 is 2.06 bits per heavy atom. The highest BCUT2D eigenvalue weighted by Gasteiger charge is 2.22. The van der Waals surface area contributed by atoms with Gasteiger partial charge < -0.3 is 10.8 Å². The zero-order valence-electron chi connectivity index (χ0n) is 10.8. The molecule has 0 saturated carbocycles. The molecule has 0 aliphatic carbocycles. The molecular formula is C12H20N2O3S. The van der Waals surface area contributed by atoms with Crippen LogP contribution in [0.25, 0.3) is 0 Å². The van der Waals surface area contributed by atoms with Crippen LogP contribution in [0.5, 0.6) is 5.75 Å². The molecule has 1 aromatic rings. The van der Waals surface area contributed by atoms with Gasteiger partial charge in [0.25, 0.3) is 0 Å². The first-order valence-corrected chi connectivity index (χ1v) is 7.53. The van der Waals surface area contributed by atoms with Gasteiger partial charge in [-0.25, -0.2) is 8.42 Å². The number of aryl methyl sites for hydroxylation is 1. The van der Waals surface area contributed by atoms with E-state index in [9.17, 15) is 13.5 Å². The van der Waals surface area contributed by atoms with Gasteiger partial charge in [-0.1, -0.05) is 6.07 Å². The Morgan fingerprint density at radius 1 is 1.39 bits per heavy atom. The quantitative estimate of drug-likeness (QED) is 0.815. The van der Waals surface area contributed by atoms with Crippen molar-refractivity contribution in [1.82, 2.24) is 0 Å². The van der Waals surface area contributed by atoms with Gasteiger partial charge in [0, 0.05) is 12.6 Å². The number of sulfonamides is 1. The second-order valence-corrected chi connectivity index (χ2v) is 6.11. The van der Waals surface area contributed by atoms with Gasteiger partial charge in [0.2, 0.25) is 10.0 Å². The lowest BCUT2D eigenvalue weighted by Gasteiger charge is -2.24. The van der Waals surface area contributed by atoms with Gasteiger partial charge in [-0.2, -0.15) is 0 Å². The highest BCUT2D eigenvalue weighted by Crippen LogP contribution is 2.27. The minimum atomic E-state index is -3.38. The van der Waals surface area contributed by atoms with Crippen molar-refractivity contribution in [3.8, 4) is 5.75 Å². The van der Waals surface area contributed by atoms with Crippen molar-refractivity contribution < 1.29 is 13.5 Å². The fourth-order valence-corrected chi connectivity index (χ4v) is 3.40. The van der Waals surface area contributed by atoms with Crippen LogP contribution in [-0.2, 0) is 10.0 Å². The van der Waals surface area contributed by atoms with E-state index in [4.69, 9.17) is 5.73 Å². The Kier molecular flexibility index (Phi) is 4.98. The monoisotopic (exact) mass is 272 g/mol. The first-order valence-electron chi connectivity index (χ1n) is 5.92. The first kappa shape index (κ1) is 14.8. The topological polar surface area (TPSA) is 83.6 Å².